The topological polar surface area (TPSA) is 82.5 Å². The number of carbonyl (C=O) groups is 1. The van der Waals surface area contributed by atoms with Crippen molar-refractivity contribution in [2.75, 3.05) is 6.61 Å². The summed E-state index contributed by atoms with van der Waals surface area (Å²) in [7, 11) is 0. The van der Waals surface area contributed by atoms with Crippen molar-refractivity contribution in [1.82, 2.24) is 10.3 Å². The summed E-state index contributed by atoms with van der Waals surface area (Å²) in [5.41, 5.74) is 0.274. The standard InChI is InChI=1S/C8H9FN2O3/c9-5-1-2-6(10-3-5)7(4-12)11-8(13)14/h1-3,7,11-12H,4H2,(H,13,14). The molecule has 0 spiro atoms. The Balaban J connectivity index is 2.78. The average Bonchev–Trinajstić information content (AvgIpc) is 2.15. The largest absolute Gasteiger partial charge is 0.465 e. The fourth-order valence-electron chi connectivity index (χ4n) is 0.956. The SMILES string of the molecule is O=C(O)NC(CO)c1ccc(F)cn1. The molecule has 1 aromatic heterocycles. The molecule has 0 aromatic carbocycles. The summed E-state index contributed by atoms with van der Waals surface area (Å²) in [4.78, 5) is 13.9. The lowest BCUT2D eigenvalue weighted by Gasteiger charge is -2.12. The number of aromatic nitrogens is 1. The summed E-state index contributed by atoms with van der Waals surface area (Å²) in [6.45, 7) is -0.426. The van der Waals surface area contributed by atoms with E-state index in [1.165, 1.54) is 6.07 Å². The molecule has 14 heavy (non-hydrogen) atoms. The van der Waals surface area contributed by atoms with E-state index < -0.39 is 24.6 Å². The first-order valence-electron chi connectivity index (χ1n) is 3.85. The van der Waals surface area contributed by atoms with Crippen molar-refractivity contribution in [1.29, 1.82) is 0 Å². The number of pyridine rings is 1. The molecule has 76 valence electrons. The predicted molar refractivity (Wildman–Crippen MR) is 45.2 cm³/mol. The van der Waals surface area contributed by atoms with E-state index in [2.05, 4.69) is 4.98 Å². The lowest BCUT2D eigenvalue weighted by molar-refractivity contribution is 0.177. The van der Waals surface area contributed by atoms with Gasteiger partial charge in [-0.3, -0.25) is 4.98 Å². The van der Waals surface area contributed by atoms with E-state index in [-0.39, 0.29) is 5.69 Å². The zero-order chi connectivity index (χ0) is 10.6. The molecule has 1 atom stereocenters. The van der Waals surface area contributed by atoms with Gasteiger partial charge in [0, 0.05) is 0 Å². The second-order valence-corrected chi connectivity index (χ2v) is 2.59. The second kappa shape index (κ2) is 4.52. The molecule has 1 unspecified atom stereocenters. The van der Waals surface area contributed by atoms with E-state index in [1.807, 2.05) is 5.32 Å². The molecule has 0 radical (unpaired) electrons. The molecule has 1 amide bonds. The van der Waals surface area contributed by atoms with E-state index in [0.29, 0.717) is 0 Å². The molecule has 0 saturated heterocycles. The number of hydrogen-bond donors (Lipinski definition) is 3. The first-order chi connectivity index (χ1) is 6.63. The quantitative estimate of drug-likeness (QED) is 0.664. The fraction of sp³-hybridized carbons (Fsp3) is 0.250. The predicted octanol–water partition coefficient (Wildman–Crippen LogP) is 0.522. The molecular formula is C8H9FN2O3. The summed E-state index contributed by atoms with van der Waals surface area (Å²) in [5, 5.41) is 19.3. The van der Waals surface area contributed by atoms with Gasteiger partial charge in [0.25, 0.3) is 0 Å². The van der Waals surface area contributed by atoms with Crippen molar-refractivity contribution < 1.29 is 19.4 Å². The minimum atomic E-state index is -1.27. The van der Waals surface area contributed by atoms with Crippen molar-refractivity contribution in [3.05, 3.63) is 29.8 Å². The molecule has 0 aliphatic carbocycles. The first kappa shape index (κ1) is 10.4. The molecule has 1 heterocycles. The maximum absolute atomic E-state index is 12.5. The summed E-state index contributed by atoms with van der Waals surface area (Å²) >= 11 is 0. The summed E-state index contributed by atoms with van der Waals surface area (Å²) < 4.78 is 12.5. The molecule has 0 fully saturated rings. The van der Waals surface area contributed by atoms with Crippen LogP contribution in [0.25, 0.3) is 0 Å². The second-order valence-electron chi connectivity index (χ2n) is 2.59. The summed E-state index contributed by atoms with van der Waals surface area (Å²) in [6.07, 6.45) is -0.309. The van der Waals surface area contributed by atoms with E-state index in [0.717, 1.165) is 12.3 Å². The number of aliphatic hydroxyl groups excluding tert-OH is 1. The van der Waals surface area contributed by atoms with Gasteiger partial charge in [-0.1, -0.05) is 0 Å². The van der Waals surface area contributed by atoms with Crippen LogP contribution in [0.3, 0.4) is 0 Å². The van der Waals surface area contributed by atoms with Gasteiger partial charge < -0.3 is 15.5 Å². The minimum Gasteiger partial charge on any atom is -0.465 e. The van der Waals surface area contributed by atoms with Gasteiger partial charge >= 0.3 is 6.09 Å². The van der Waals surface area contributed by atoms with Crippen molar-refractivity contribution in [3.8, 4) is 0 Å². The molecular weight excluding hydrogens is 191 g/mol. The summed E-state index contributed by atoms with van der Waals surface area (Å²) in [5.74, 6) is -0.513. The first-order valence-corrected chi connectivity index (χ1v) is 3.85. The third-order valence-corrected chi connectivity index (χ3v) is 1.59. The number of nitrogens with zero attached hydrogens (tertiary/aromatic N) is 1. The Kier molecular flexibility index (Phi) is 3.35. The van der Waals surface area contributed by atoms with Crippen LogP contribution in [-0.4, -0.2) is 27.9 Å². The van der Waals surface area contributed by atoms with E-state index in [4.69, 9.17) is 10.2 Å². The van der Waals surface area contributed by atoms with Crippen LogP contribution in [0.1, 0.15) is 11.7 Å². The van der Waals surface area contributed by atoms with E-state index in [9.17, 15) is 9.18 Å². The van der Waals surface area contributed by atoms with Gasteiger partial charge in [0.2, 0.25) is 0 Å². The fourth-order valence-corrected chi connectivity index (χ4v) is 0.956. The van der Waals surface area contributed by atoms with Gasteiger partial charge in [0.15, 0.2) is 0 Å². The van der Waals surface area contributed by atoms with Crippen molar-refractivity contribution in [2.24, 2.45) is 0 Å². The molecule has 0 saturated carbocycles. The number of hydrogen-bond acceptors (Lipinski definition) is 3. The van der Waals surface area contributed by atoms with Crippen molar-refractivity contribution in [2.45, 2.75) is 6.04 Å². The van der Waals surface area contributed by atoms with E-state index in [1.54, 1.807) is 0 Å². The van der Waals surface area contributed by atoms with Crippen molar-refractivity contribution in [3.63, 3.8) is 0 Å². The molecule has 3 N–H and O–H groups in total. The van der Waals surface area contributed by atoms with Gasteiger partial charge in [0.1, 0.15) is 5.82 Å². The van der Waals surface area contributed by atoms with Gasteiger partial charge in [-0.25, -0.2) is 9.18 Å². The molecule has 0 aliphatic heterocycles. The zero-order valence-corrected chi connectivity index (χ0v) is 7.14. The molecule has 5 nitrogen and oxygen atoms in total. The Bertz CT molecular complexity index is 315. The average molecular weight is 200 g/mol. The smallest absolute Gasteiger partial charge is 0.405 e. The number of aliphatic hydroxyl groups is 1. The van der Waals surface area contributed by atoms with Gasteiger partial charge in [-0.15, -0.1) is 0 Å². The van der Waals surface area contributed by atoms with Crippen LogP contribution in [0.5, 0.6) is 0 Å². The molecule has 6 heteroatoms. The van der Waals surface area contributed by atoms with Crippen LogP contribution in [-0.2, 0) is 0 Å². The highest BCUT2D eigenvalue weighted by Crippen LogP contribution is 2.09. The highest BCUT2D eigenvalue weighted by atomic mass is 19.1. The van der Waals surface area contributed by atoms with Crippen LogP contribution in [0.15, 0.2) is 18.3 Å². The number of nitrogens with one attached hydrogen (secondary N) is 1. The van der Waals surface area contributed by atoms with E-state index >= 15 is 0 Å². The third kappa shape index (κ3) is 2.67. The van der Waals surface area contributed by atoms with Crippen LogP contribution >= 0.6 is 0 Å². The maximum atomic E-state index is 12.5. The lowest BCUT2D eigenvalue weighted by Crippen LogP contribution is -2.29. The Morgan fingerprint density at radius 2 is 2.36 bits per heavy atom. The molecule has 1 aromatic rings. The Labute approximate surface area is 79.2 Å². The number of halogens is 1. The lowest BCUT2D eigenvalue weighted by atomic mass is 10.2. The molecule has 0 aliphatic rings. The Hall–Kier alpha value is -1.69. The third-order valence-electron chi connectivity index (χ3n) is 1.59. The van der Waals surface area contributed by atoms with Gasteiger partial charge in [-0.2, -0.15) is 0 Å². The maximum Gasteiger partial charge on any atom is 0.405 e. The van der Waals surface area contributed by atoms with Crippen LogP contribution < -0.4 is 5.32 Å². The van der Waals surface area contributed by atoms with Gasteiger partial charge in [-0.05, 0) is 12.1 Å². The minimum absolute atomic E-state index is 0.274. The highest BCUT2D eigenvalue weighted by molar-refractivity contribution is 5.65. The highest BCUT2D eigenvalue weighted by Gasteiger charge is 2.13. The van der Waals surface area contributed by atoms with Crippen LogP contribution in [0.2, 0.25) is 0 Å². The zero-order valence-electron chi connectivity index (χ0n) is 7.14. The summed E-state index contributed by atoms with van der Waals surface area (Å²) in [6, 6.07) is 1.63. The monoisotopic (exact) mass is 200 g/mol. The molecule has 0 bridgehead atoms. The number of amides is 1. The van der Waals surface area contributed by atoms with Gasteiger partial charge in [0.05, 0.1) is 24.5 Å². The normalized spacial score (nSPS) is 12.1. The Morgan fingerprint density at radius 3 is 2.79 bits per heavy atom. The van der Waals surface area contributed by atoms with Crippen LogP contribution in [0, 0.1) is 5.82 Å². The Morgan fingerprint density at radius 1 is 1.64 bits per heavy atom. The molecule has 1 rings (SSSR count). The number of rotatable bonds is 3. The van der Waals surface area contributed by atoms with Crippen molar-refractivity contribution >= 4 is 6.09 Å². The number of carboxylic acid groups (broad SMARTS) is 1. The van der Waals surface area contributed by atoms with Crippen LogP contribution in [0.4, 0.5) is 9.18 Å².